The molecule has 0 N–H and O–H groups in total. The van der Waals surface area contributed by atoms with Crippen molar-refractivity contribution in [3.63, 3.8) is 0 Å². The lowest BCUT2D eigenvalue weighted by atomic mass is 10.2. The molecule has 0 spiro atoms. The SMILES string of the molecule is C=C(CC(=O)OCCOCCCCCC)C(=O)OCC(=O)Oc1cccc(C)c1. The minimum Gasteiger partial charge on any atom is -0.463 e. The Bertz CT molecular complexity index is 681. The molecule has 0 fully saturated rings. The zero-order valence-electron chi connectivity index (χ0n) is 17.2. The average Bonchev–Trinajstić information content (AvgIpc) is 2.68. The molecule has 0 radical (unpaired) electrons. The summed E-state index contributed by atoms with van der Waals surface area (Å²) in [7, 11) is 0. The number of ether oxygens (including phenoxy) is 4. The lowest BCUT2D eigenvalue weighted by molar-refractivity contribution is -0.152. The molecule has 7 heteroatoms. The Balaban J connectivity index is 2.15. The second-order valence-corrected chi connectivity index (χ2v) is 6.54. The van der Waals surface area contributed by atoms with E-state index >= 15 is 0 Å². The maximum atomic E-state index is 11.8. The van der Waals surface area contributed by atoms with E-state index in [1.54, 1.807) is 18.2 Å². The summed E-state index contributed by atoms with van der Waals surface area (Å²) >= 11 is 0. The van der Waals surface area contributed by atoms with Crippen molar-refractivity contribution in [2.75, 3.05) is 26.4 Å². The highest BCUT2D eigenvalue weighted by atomic mass is 16.6. The lowest BCUT2D eigenvalue weighted by Gasteiger charge is -2.08. The minimum atomic E-state index is -0.852. The summed E-state index contributed by atoms with van der Waals surface area (Å²) in [5.41, 5.74) is 0.833. The van der Waals surface area contributed by atoms with Gasteiger partial charge in [0.05, 0.1) is 13.0 Å². The molecule has 160 valence electrons. The molecule has 0 aliphatic heterocycles. The van der Waals surface area contributed by atoms with Gasteiger partial charge in [0, 0.05) is 12.2 Å². The van der Waals surface area contributed by atoms with Crippen LogP contribution in [0.1, 0.15) is 44.6 Å². The molecule has 0 atom stereocenters. The molecule has 1 aromatic carbocycles. The van der Waals surface area contributed by atoms with E-state index in [2.05, 4.69) is 13.5 Å². The normalized spacial score (nSPS) is 10.3. The number of benzene rings is 1. The van der Waals surface area contributed by atoms with Gasteiger partial charge in [0.15, 0.2) is 6.61 Å². The molecule has 0 aliphatic rings. The van der Waals surface area contributed by atoms with Gasteiger partial charge in [-0.05, 0) is 31.0 Å². The number of esters is 3. The van der Waals surface area contributed by atoms with Crippen molar-refractivity contribution in [1.82, 2.24) is 0 Å². The molecular weight excluding hydrogens is 376 g/mol. The van der Waals surface area contributed by atoms with Gasteiger partial charge in [0.25, 0.3) is 0 Å². The fourth-order valence-corrected chi connectivity index (χ4v) is 2.31. The third-order valence-corrected chi connectivity index (χ3v) is 3.82. The van der Waals surface area contributed by atoms with Crippen LogP contribution < -0.4 is 4.74 Å². The highest BCUT2D eigenvalue weighted by molar-refractivity contribution is 5.94. The Hall–Kier alpha value is -2.67. The Morgan fingerprint density at radius 2 is 1.76 bits per heavy atom. The molecule has 29 heavy (non-hydrogen) atoms. The van der Waals surface area contributed by atoms with Crippen LogP contribution in [0.2, 0.25) is 0 Å². The Kier molecular flexibility index (Phi) is 12.1. The van der Waals surface area contributed by atoms with Crippen molar-refractivity contribution in [2.45, 2.75) is 46.0 Å². The van der Waals surface area contributed by atoms with Gasteiger partial charge >= 0.3 is 17.9 Å². The van der Waals surface area contributed by atoms with Crippen molar-refractivity contribution in [3.05, 3.63) is 42.0 Å². The largest absolute Gasteiger partial charge is 0.463 e. The molecule has 0 aromatic heterocycles. The number of carbonyl (C=O) groups is 3. The van der Waals surface area contributed by atoms with Crippen LogP contribution in [0.15, 0.2) is 36.4 Å². The predicted octanol–water partition coefficient (Wildman–Crippen LogP) is 3.53. The van der Waals surface area contributed by atoms with Crippen LogP contribution in [0.25, 0.3) is 0 Å². The van der Waals surface area contributed by atoms with Crippen LogP contribution in [0.3, 0.4) is 0 Å². The summed E-state index contributed by atoms with van der Waals surface area (Å²) in [5.74, 6) is -1.82. The van der Waals surface area contributed by atoms with Gasteiger partial charge in [-0.2, -0.15) is 0 Å². The molecule has 0 bridgehead atoms. The number of rotatable bonds is 14. The van der Waals surface area contributed by atoms with Crippen LogP contribution in [-0.2, 0) is 28.6 Å². The Morgan fingerprint density at radius 3 is 2.48 bits per heavy atom. The van der Waals surface area contributed by atoms with Gasteiger partial charge in [-0.25, -0.2) is 9.59 Å². The third kappa shape index (κ3) is 11.7. The van der Waals surface area contributed by atoms with Gasteiger partial charge in [-0.3, -0.25) is 4.79 Å². The minimum absolute atomic E-state index is 0.0983. The van der Waals surface area contributed by atoms with E-state index < -0.39 is 24.5 Å². The molecule has 0 saturated heterocycles. The molecule has 1 rings (SSSR count). The van der Waals surface area contributed by atoms with Crippen molar-refractivity contribution < 1.29 is 33.3 Å². The number of unbranched alkanes of at least 4 members (excludes halogenated alkanes) is 3. The fourth-order valence-electron chi connectivity index (χ4n) is 2.31. The maximum Gasteiger partial charge on any atom is 0.349 e. The Morgan fingerprint density at radius 1 is 0.966 bits per heavy atom. The van der Waals surface area contributed by atoms with Crippen LogP contribution in [0.5, 0.6) is 5.75 Å². The van der Waals surface area contributed by atoms with Crippen LogP contribution in [0.4, 0.5) is 0 Å². The summed E-state index contributed by atoms with van der Waals surface area (Å²) in [5, 5.41) is 0. The Labute approximate surface area is 172 Å². The highest BCUT2D eigenvalue weighted by Gasteiger charge is 2.16. The summed E-state index contributed by atoms with van der Waals surface area (Å²) in [6.07, 6.45) is 4.13. The van der Waals surface area contributed by atoms with E-state index in [1.165, 1.54) is 6.42 Å². The summed E-state index contributed by atoms with van der Waals surface area (Å²) in [4.78, 5) is 35.3. The zero-order chi connectivity index (χ0) is 21.5. The topological polar surface area (TPSA) is 88.1 Å². The zero-order valence-corrected chi connectivity index (χ0v) is 17.2. The van der Waals surface area contributed by atoms with Gasteiger partial charge in [-0.15, -0.1) is 0 Å². The summed E-state index contributed by atoms with van der Waals surface area (Å²) < 4.78 is 20.2. The van der Waals surface area contributed by atoms with Crippen molar-refractivity contribution >= 4 is 17.9 Å². The van der Waals surface area contributed by atoms with E-state index in [1.807, 2.05) is 13.0 Å². The first kappa shape index (κ1) is 24.4. The second kappa shape index (κ2) is 14.3. The smallest absolute Gasteiger partial charge is 0.349 e. The highest BCUT2D eigenvalue weighted by Crippen LogP contribution is 2.12. The lowest BCUT2D eigenvalue weighted by Crippen LogP contribution is -2.21. The predicted molar refractivity (Wildman–Crippen MR) is 107 cm³/mol. The first-order valence-corrected chi connectivity index (χ1v) is 9.78. The monoisotopic (exact) mass is 406 g/mol. The molecular formula is C22H30O7. The number of aryl methyl sites for hydroxylation is 1. The molecule has 0 amide bonds. The van der Waals surface area contributed by atoms with Crippen molar-refractivity contribution in [2.24, 2.45) is 0 Å². The number of carbonyl (C=O) groups excluding carboxylic acids is 3. The number of hydrogen-bond acceptors (Lipinski definition) is 7. The van der Waals surface area contributed by atoms with E-state index in [-0.39, 0.29) is 18.6 Å². The molecule has 1 aromatic rings. The second-order valence-electron chi connectivity index (χ2n) is 6.54. The molecule has 0 unspecified atom stereocenters. The van der Waals surface area contributed by atoms with E-state index in [0.717, 1.165) is 24.8 Å². The molecule has 0 aliphatic carbocycles. The summed E-state index contributed by atoms with van der Waals surface area (Å²) in [6.45, 7) is 7.97. The fraction of sp³-hybridized carbons (Fsp3) is 0.500. The average molecular weight is 406 g/mol. The first-order chi connectivity index (χ1) is 13.9. The summed E-state index contributed by atoms with van der Waals surface area (Å²) in [6, 6.07) is 6.91. The van der Waals surface area contributed by atoms with E-state index in [0.29, 0.717) is 19.0 Å². The molecule has 0 heterocycles. The first-order valence-electron chi connectivity index (χ1n) is 9.78. The van der Waals surface area contributed by atoms with E-state index in [4.69, 9.17) is 18.9 Å². The maximum absolute atomic E-state index is 11.8. The van der Waals surface area contributed by atoms with Crippen LogP contribution in [0, 0.1) is 6.92 Å². The third-order valence-electron chi connectivity index (χ3n) is 3.82. The van der Waals surface area contributed by atoms with E-state index in [9.17, 15) is 14.4 Å². The van der Waals surface area contributed by atoms with Gasteiger partial charge < -0.3 is 18.9 Å². The van der Waals surface area contributed by atoms with Crippen LogP contribution >= 0.6 is 0 Å². The number of hydrogen-bond donors (Lipinski definition) is 0. The van der Waals surface area contributed by atoms with Gasteiger partial charge in [0.2, 0.25) is 0 Å². The van der Waals surface area contributed by atoms with Crippen molar-refractivity contribution in [3.8, 4) is 5.75 Å². The van der Waals surface area contributed by atoms with Gasteiger partial charge in [0.1, 0.15) is 12.4 Å². The standard InChI is InChI=1S/C22H30O7/c1-4-5-6-7-11-26-12-13-27-20(23)15-18(3)22(25)28-16-21(24)29-19-10-8-9-17(2)14-19/h8-10,14H,3-7,11-13,15-16H2,1-2H3. The molecule has 0 saturated carbocycles. The van der Waals surface area contributed by atoms with Gasteiger partial charge in [-0.1, -0.05) is 44.9 Å². The van der Waals surface area contributed by atoms with Crippen molar-refractivity contribution in [1.29, 1.82) is 0 Å². The van der Waals surface area contributed by atoms with Crippen LogP contribution in [-0.4, -0.2) is 44.3 Å². The quantitative estimate of drug-likeness (QED) is 0.202. The molecule has 7 nitrogen and oxygen atoms in total.